The standard InChI is InChI=1S/C18H11F3N2O4/c19-18(20,21)12-4-2-5-13(10-12)22-17(24)16-8-7-15(27-16)11-3-1-6-14(9-11)23(25)26/h1-10H,(H,22,24). The molecule has 3 aromatic rings. The third kappa shape index (κ3) is 4.14. The number of hydrogen-bond acceptors (Lipinski definition) is 4. The van der Waals surface area contributed by atoms with E-state index in [1.807, 2.05) is 0 Å². The van der Waals surface area contributed by atoms with Gasteiger partial charge in [0.1, 0.15) is 5.76 Å². The van der Waals surface area contributed by atoms with E-state index < -0.39 is 22.6 Å². The van der Waals surface area contributed by atoms with Crippen LogP contribution in [0.1, 0.15) is 16.1 Å². The Morgan fingerprint density at radius 1 is 1.04 bits per heavy atom. The van der Waals surface area contributed by atoms with Crippen molar-refractivity contribution in [3.63, 3.8) is 0 Å². The van der Waals surface area contributed by atoms with E-state index in [9.17, 15) is 28.1 Å². The topological polar surface area (TPSA) is 85.4 Å². The molecule has 0 spiro atoms. The van der Waals surface area contributed by atoms with Crippen LogP contribution in [0.2, 0.25) is 0 Å². The van der Waals surface area contributed by atoms with Crippen molar-refractivity contribution in [3.05, 3.63) is 82.1 Å². The molecule has 1 amide bonds. The van der Waals surface area contributed by atoms with Gasteiger partial charge in [0, 0.05) is 23.4 Å². The predicted molar refractivity (Wildman–Crippen MR) is 90.2 cm³/mol. The van der Waals surface area contributed by atoms with Crippen molar-refractivity contribution in [2.45, 2.75) is 6.18 Å². The fourth-order valence-electron chi connectivity index (χ4n) is 2.35. The summed E-state index contributed by atoms with van der Waals surface area (Å²) in [5.41, 5.74) is -0.679. The van der Waals surface area contributed by atoms with Crippen LogP contribution in [-0.4, -0.2) is 10.8 Å². The zero-order valence-corrected chi connectivity index (χ0v) is 13.5. The number of rotatable bonds is 4. The summed E-state index contributed by atoms with van der Waals surface area (Å²) in [6.07, 6.45) is -4.53. The van der Waals surface area contributed by atoms with Gasteiger partial charge in [-0.05, 0) is 30.3 Å². The number of alkyl halides is 3. The Morgan fingerprint density at radius 3 is 2.48 bits per heavy atom. The Bertz CT molecular complexity index is 1010. The molecule has 138 valence electrons. The Labute approximate surface area is 150 Å². The second-order valence-electron chi connectivity index (χ2n) is 5.50. The highest BCUT2D eigenvalue weighted by molar-refractivity contribution is 6.02. The summed E-state index contributed by atoms with van der Waals surface area (Å²) in [5.74, 6) is -0.673. The van der Waals surface area contributed by atoms with Crippen LogP contribution in [0.3, 0.4) is 0 Å². The number of amides is 1. The van der Waals surface area contributed by atoms with E-state index in [0.717, 1.165) is 12.1 Å². The molecule has 0 bridgehead atoms. The summed E-state index contributed by atoms with van der Waals surface area (Å²) in [4.78, 5) is 22.5. The zero-order valence-electron chi connectivity index (χ0n) is 13.5. The second kappa shape index (κ2) is 6.94. The van der Waals surface area contributed by atoms with Crippen LogP contribution in [0.4, 0.5) is 24.5 Å². The van der Waals surface area contributed by atoms with Gasteiger partial charge in [0.25, 0.3) is 11.6 Å². The van der Waals surface area contributed by atoms with Crippen LogP contribution in [0.25, 0.3) is 11.3 Å². The van der Waals surface area contributed by atoms with Crippen LogP contribution in [0.15, 0.2) is 65.1 Å². The number of nitro benzene ring substituents is 1. The maximum absolute atomic E-state index is 12.7. The lowest BCUT2D eigenvalue weighted by atomic mass is 10.1. The highest BCUT2D eigenvalue weighted by Gasteiger charge is 2.30. The summed E-state index contributed by atoms with van der Waals surface area (Å²) in [5, 5.41) is 13.2. The van der Waals surface area contributed by atoms with Gasteiger partial charge < -0.3 is 9.73 Å². The molecule has 0 aliphatic heterocycles. The minimum atomic E-state index is -4.53. The number of nitrogens with one attached hydrogen (secondary N) is 1. The maximum atomic E-state index is 12.7. The maximum Gasteiger partial charge on any atom is 0.416 e. The largest absolute Gasteiger partial charge is 0.451 e. The number of halogens is 3. The number of hydrogen-bond donors (Lipinski definition) is 1. The van der Waals surface area contributed by atoms with Crippen LogP contribution >= 0.6 is 0 Å². The average Bonchev–Trinajstić information content (AvgIpc) is 3.11. The van der Waals surface area contributed by atoms with Gasteiger partial charge in [0.2, 0.25) is 0 Å². The lowest BCUT2D eigenvalue weighted by Crippen LogP contribution is -2.12. The van der Waals surface area contributed by atoms with E-state index in [4.69, 9.17) is 4.42 Å². The summed E-state index contributed by atoms with van der Waals surface area (Å²) >= 11 is 0. The van der Waals surface area contributed by atoms with Crippen molar-refractivity contribution in [2.24, 2.45) is 0 Å². The van der Waals surface area contributed by atoms with Gasteiger partial charge in [-0.25, -0.2) is 0 Å². The van der Waals surface area contributed by atoms with E-state index >= 15 is 0 Å². The number of benzene rings is 2. The van der Waals surface area contributed by atoms with Crippen LogP contribution in [-0.2, 0) is 6.18 Å². The number of nitro groups is 1. The van der Waals surface area contributed by atoms with Crippen molar-refractivity contribution in [1.29, 1.82) is 0 Å². The molecular formula is C18H11F3N2O4. The molecule has 0 saturated carbocycles. The minimum absolute atomic E-state index is 0.0388. The normalized spacial score (nSPS) is 11.2. The second-order valence-corrected chi connectivity index (χ2v) is 5.50. The number of nitrogens with zero attached hydrogens (tertiary/aromatic N) is 1. The average molecular weight is 376 g/mol. The van der Waals surface area contributed by atoms with E-state index in [-0.39, 0.29) is 22.9 Å². The van der Waals surface area contributed by atoms with Crippen molar-refractivity contribution >= 4 is 17.3 Å². The van der Waals surface area contributed by atoms with Gasteiger partial charge in [-0.3, -0.25) is 14.9 Å². The lowest BCUT2D eigenvalue weighted by molar-refractivity contribution is -0.384. The van der Waals surface area contributed by atoms with Crippen molar-refractivity contribution in [1.82, 2.24) is 0 Å². The van der Waals surface area contributed by atoms with Crippen LogP contribution < -0.4 is 5.32 Å². The van der Waals surface area contributed by atoms with E-state index in [0.29, 0.717) is 5.56 Å². The Hall–Kier alpha value is -3.62. The van der Waals surface area contributed by atoms with Crippen LogP contribution in [0.5, 0.6) is 0 Å². The smallest absolute Gasteiger partial charge is 0.416 e. The fourth-order valence-corrected chi connectivity index (χ4v) is 2.35. The first-order valence-electron chi connectivity index (χ1n) is 7.57. The van der Waals surface area contributed by atoms with Crippen LogP contribution in [0, 0.1) is 10.1 Å². The number of furan rings is 1. The molecule has 1 N–H and O–H groups in total. The van der Waals surface area contributed by atoms with Crippen molar-refractivity contribution < 1.29 is 27.3 Å². The monoisotopic (exact) mass is 376 g/mol. The summed E-state index contributed by atoms with van der Waals surface area (Å²) in [6, 6.07) is 12.6. The third-order valence-electron chi connectivity index (χ3n) is 3.62. The molecule has 6 nitrogen and oxygen atoms in total. The van der Waals surface area contributed by atoms with Gasteiger partial charge in [0.15, 0.2) is 5.76 Å². The fraction of sp³-hybridized carbons (Fsp3) is 0.0556. The van der Waals surface area contributed by atoms with Gasteiger partial charge in [-0.2, -0.15) is 13.2 Å². The summed E-state index contributed by atoms with van der Waals surface area (Å²) < 4.78 is 43.6. The van der Waals surface area contributed by atoms with Crippen molar-refractivity contribution in [2.75, 3.05) is 5.32 Å². The first-order valence-corrected chi connectivity index (χ1v) is 7.57. The third-order valence-corrected chi connectivity index (χ3v) is 3.62. The quantitative estimate of drug-likeness (QED) is 0.505. The molecule has 0 aliphatic carbocycles. The first-order chi connectivity index (χ1) is 12.7. The van der Waals surface area contributed by atoms with Gasteiger partial charge >= 0.3 is 6.18 Å². The Morgan fingerprint density at radius 2 is 1.78 bits per heavy atom. The SMILES string of the molecule is O=C(Nc1cccc(C(F)(F)F)c1)c1ccc(-c2cccc([N+](=O)[O-])c2)o1. The van der Waals surface area contributed by atoms with E-state index in [1.165, 1.54) is 42.5 Å². The molecule has 2 aromatic carbocycles. The van der Waals surface area contributed by atoms with Crippen molar-refractivity contribution in [3.8, 4) is 11.3 Å². The van der Waals surface area contributed by atoms with Gasteiger partial charge in [-0.1, -0.05) is 18.2 Å². The highest BCUT2D eigenvalue weighted by atomic mass is 19.4. The molecular weight excluding hydrogens is 365 g/mol. The number of carbonyl (C=O) groups excluding carboxylic acids is 1. The van der Waals surface area contributed by atoms with E-state index in [1.54, 1.807) is 6.07 Å². The predicted octanol–water partition coefficient (Wildman–Crippen LogP) is 5.13. The van der Waals surface area contributed by atoms with E-state index in [2.05, 4.69) is 5.32 Å². The zero-order chi connectivity index (χ0) is 19.6. The molecule has 0 fully saturated rings. The first kappa shape index (κ1) is 18.2. The molecule has 1 heterocycles. The minimum Gasteiger partial charge on any atom is -0.451 e. The van der Waals surface area contributed by atoms with Gasteiger partial charge in [0.05, 0.1) is 10.5 Å². The van der Waals surface area contributed by atoms with Gasteiger partial charge in [-0.15, -0.1) is 0 Å². The Kier molecular flexibility index (Phi) is 4.68. The highest BCUT2D eigenvalue weighted by Crippen LogP contribution is 2.31. The molecule has 9 heteroatoms. The molecule has 0 atom stereocenters. The molecule has 27 heavy (non-hydrogen) atoms. The number of anilines is 1. The molecule has 1 aromatic heterocycles. The molecule has 0 radical (unpaired) electrons. The molecule has 0 aliphatic rings. The summed E-state index contributed by atoms with van der Waals surface area (Å²) in [7, 11) is 0. The Balaban J connectivity index is 1.80. The molecule has 0 saturated heterocycles. The molecule has 3 rings (SSSR count). The summed E-state index contributed by atoms with van der Waals surface area (Å²) in [6.45, 7) is 0. The number of carbonyl (C=O) groups is 1. The lowest BCUT2D eigenvalue weighted by Gasteiger charge is -2.09. The number of non-ortho nitro benzene ring substituents is 1. The molecule has 0 unspecified atom stereocenters.